The zero-order chi connectivity index (χ0) is 31.8. The third-order valence-electron chi connectivity index (χ3n) is 10.2. The van der Waals surface area contributed by atoms with Crippen molar-refractivity contribution in [2.75, 3.05) is 0 Å². The van der Waals surface area contributed by atoms with Crippen molar-refractivity contribution in [2.45, 2.75) is 141 Å². The average molecular weight is 611 g/mol. The van der Waals surface area contributed by atoms with Crippen molar-refractivity contribution in [3.63, 3.8) is 0 Å². The van der Waals surface area contributed by atoms with Crippen LogP contribution >= 0.6 is 0 Å². The van der Waals surface area contributed by atoms with E-state index in [9.17, 15) is 46.8 Å². The predicted molar refractivity (Wildman–Crippen MR) is 149 cm³/mol. The monoisotopic (exact) mass is 610 g/mol. The summed E-state index contributed by atoms with van der Waals surface area (Å²) in [6.07, 6.45) is -1.06. The van der Waals surface area contributed by atoms with Crippen LogP contribution < -0.4 is 0 Å². The molecule has 0 radical (unpaired) electrons. The summed E-state index contributed by atoms with van der Waals surface area (Å²) in [4.78, 5) is 0. The van der Waals surface area contributed by atoms with Gasteiger partial charge in [-0.05, 0) is 113 Å². The lowest BCUT2D eigenvalue weighted by Gasteiger charge is -2.49. The first-order valence-electron chi connectivity index (χ1n) is 15.1. The molecule has 1 unspecified atom stereocenters. The van der Waals surface area contributed by atoms with Gasteiger partial charge < -0.3 is 20.4 Å². The lowest BCUT2D eigenvalue weighted by molar-refractivity contribution is -0.347. The van der Waals surface area contributed by atoms with Crippen LogP contribution in [0, 0.1) is 22.7 Å². The molecule has 3 aliphatic carbocycles. The molecule has 3 aliphatic rings. The van der Waals surface area contributed by atoms with Crippen molar-refractivity contribution in [2.24, 2.45) is 22.7 Å². The fourth-order valence-electron chi connectivity index (χ4n) is 8.11. The summed E-state index contributed by atoms with van der Waals surface area (Å²) >= 11 is 0. The maximum absolute atomic E-state index is 13.3. The van der Waals surface area contributed by atoms with Crippen LogP contribution in [0.25, 0.3) is 0 Å². The van der Waals surface area contributed by atoms with E-state index in [1.54, 1.807) is 13.8 Å². The Morgan fingerprint density at radius 3 is 2.02 bits per heavy atom. The van der Waals surface area contributed by atoms with Gasteiger partial charge in [-0.2, -0.15) is 26.3 Å². The highest BCUT2D eigenvalue weighted by molar-refractivity contribution is 5.27. The molecule has 0 spiro atoms. The summed E-state index contributed by atoms with van der Waals surface area (Å²) in [5.74, 6) is 0.201. The molecule has 4 N–H and O–H groups in total. The Bertz CT molecular complexity index is 997. The minimum absolute atomic E-state index is 0.000925. The summed E-state index contributed by atoms with van der Waals surface area (Å²) in [6, 6.07) is 0. The normalized spacial score (nSPS) is 33.4. The van der Waals surface area contributed by atoms with Crippen molar-refractivity contribution in [3.8, 4) is 0 Å². The van der Waals surface area contributed by atoms with Crippen LogP contribution in [0.1, 0.15) is 105 Å². The average Bonchev–Trinajstić information content (AvgIpc) is 3.18. The summed E-state index contributed by atoms with van der Waals surface area (Å²) in [5, 5.41) is 40.1. The van der Waals surface area contributed by atoms with E-state index >= 15 is 0 Å². The maximum atomic E-state index is 13.3. The summed E-state index contributed by atoms with van der Waals surface area (Å²) < 4.78 is 80.1. The molecule has 3 saturated carbocycles. The van der Waals surface area contributed by atoms with Crippen LogP contribution in [-0.2, 0) is 0 Å². The zero-order valence-electron chi connectivity index (χ0n) is 25.2. The molecule has 0 bridgehead atoms. The Balaban J connectivity index is 1.91. The fraction of sp³-hybridized carbons (Fsp3) is 0.812. The molecule has 0 aromatic heterocycles. The van der Waals surface area contributed by atoms with Gasteiger partial charge in [0.2, 0.25) is 0 Å². The largest absolute Gasteiger partial charge is 0.429 e. The first-order chi connectivity index (χ1) is 19.1. The van der Waals surface area contributed by atoms with Crippen molar-refractivity contribution in [1.29, 1.82) is 0 Å². The molecule has 0 aromatic carbocycles. The second-order valence-corrected chi connectivity index (χ2v) is 14.2. The molecular formula is C32H48F6O4. The van der Waals surface area contributed by atoms with Gasteiger partial charge in [0.15, 0.2) is 0 Å². The molecule has 10 heteroatoms. The summed E-state index contributed by atoms with van der Waals surface area (Å²) in [6.45, 7) is 7.44. The number of alkyl halides is 6. The van der Waals surface area contributed by atoms with Crippen molar-refractivity contribution in [1.82, 2.24) is 0 Å². The van der Waals surface area contributed by atoms with E-state index < -0.39 is 41.2 Å². The Hall–Kier alpha value is -1.36. The number of rotatable bonds is 9. The van der Waals surface area contributed by atoms with Gasteiger partial charge in [-0.1, -0.05) is 49.6 Å². The van der Waals surface area contributed by atoms with E-state index in [-0.39, 0.29) is 29.7 Å². The molecule has 4 nitrogen and oxygen atoms in total. The van der Waals surface area contributed by atoms with Gasteiger partial charge in [-0.3, -0.25) is 0 Å². The number of aliphatic hydroxyl groups excluding tert-OH is 2. The minimum Gasteiger partial charge on any atom is -0.393 e. The van der Waals surface area contributed by atoms with Crippen LogP contribution in [-0.4, -0.2) is 56.2 Å². The van der Waals surface area contributed by atoms with E-state index in [0.29, 0.717) is 38.5 Å². The Morgan fingerprint density at radius 1 is 0.881 bits per heavy atom. The Morgan fingerprint density at radius 2 is 1.48 bits per heavy atom. The molecule has 0 heterocycles. The van der Waals surface area contributed by atoms with Crippen molar-refractivity contribution in [3.05, 3.63) is 35.5 Å². The molecule has 3 rings (SSSR count). The van der Waals surface area contributed by atoms with E-state index in [2.05, 4.69) is 13.0 Å². The summed E-state index contributed by atoms with van der Waals surface area (Å²) in [7, 11) is 0. The van der Waals surface area contributed by atoms with Gasteiger partial charge in [0.05, 0.1) is 17.8 Å². The molecule has 6 atom stereocenters. The minimum atomic E-state index is -5.91. The number of fused-ring (bicyclic) bond motifs is 1. The Labute approximate surface area is 245 Å². The highest BCUT2D eigenvalue weighted by atomic mass is 19.4. The molecule has 0 aliphatic heterocycles. The van der Waals surface area contributed by atoms with Crippen molar-refractivity contribution < 1.29 is 46.8 Å². The second-order valence-electron chi connectivity index (χ2n) is 14.2. The number of hydrogen-bond donors (Lipinski definition) is 4. The van der Waals surface area contributed by atoms with Gasteiger partial charge in [0.1, 0.15) is 0 Å². The quantitative estimate of drug-likeness (QED) is 0.159. The lowest BCUT2D eigenvalue weighted by atomic mass is 9.55. The molecule has 0 aromatic rings. The van der Waals surface area contributed by atoms with Crippen LogP contribution in [0.2, 0.25) is 0 Å². The van der Waals surface area contributed by atoms with Gasteiger partial charge in [-0.15, -0.1) is 0 Å². The highest BCUT2D eigenvalue weighted by Gasteiger charge is 2.69. The molecule has 3 fully saturated rings. The summed E-state index contributed by atoms with van der Waals surface area (Å²) in [5.41, 5.74) is -4.53. The van der Waals surface area contributed by atoms with Crippen LogP contribution in [0.3, 0.4) is 0 Å². The highest BCUT2D eigenvalue weighted by Crippen LogP contribution is 2.64. The number of aliphatic hydroxyl groups is 4. The topological polar surface area (TPSA) is 80.9 Å². The number of allylic oxidation sites excluding steroid dienone is 4. The molecular weight excluding hydrogens is 562 g/mol. The SMILES string of the molecule is CC(C)(O)CCC[C@@](C)(C/C=C/C(O)(C(F)(F)F)C(F)(F)F)[C@H]1CC[C@H]2/C(=C/C=C3CC(O)C[C@H](O)C3)CCC[C@]12C. The number of halogens is 6. The van der Waals surface area contributed by atoms with E-state index in [1.165, 1.54) is 5.57 Å². The van der Waals surface area contributed by atoms with Crippen LogP contribution in [0.4, 0.5) is 26.3 Å². The van der Waals surface area contributed by atoms with Crippen molar-refractivity contribution >= 4 is 0 Å². The Kier molecular flexibility index (Phi) is 10.5. The first-order valence-corrected chi connectivity index (χ1v) is 15.1. The third kappa shape index (κ3) is 7.83. The second kappa shape index (κ2) is 12.6. The number of hydrogen-bond acceptors (Lipinski definition) is 4. The zero-order valence-corrected chi connectivity index (χ0v) is 25.2. The fourth-order valence-corrected chi connectivity index (χ4v) is 8.11. The van der Waals surface area contributed by atoms with Gasteiger partial charge >= 0.3 is 12.4 Å². The van der Waals surface area contributed by atoms with Gasteiger partial charge in [0.25, 0.3) is 5.60 Å². The van der Waals surface area contributed by atoms with Crippen LogP contribution in [0.15, 0.2) is 35.5 Å². The first kappa shape index (κ1) is 35.1. The molecule has 242 valence electrons. The van der Waals surface area contributed by atoms with Crippen LogP contribution in [0.5, 0.6) is 0 Å². The van der Waals surface area contributed by atoms with Gasteiger partial charge in [-0.25, -0.2) is 0 Å². The smallest absolute Gasteiger partial charge is 0.393 e. The van der Waals surface area contributed by atoms with Gasteiger partial charge in [0, 0.05) is 0 Å². The predicted octanol–water partition coefficient (Wildman–Crippen LogP) is 7.71. The molecule has 0 saturated heterocycles. The molecule has 42 heavy (non-hydrogen) atoms. The third-order valence-corrected chi connectivity index (χ3v) is 10.2. The van der Waals surface area contributed by atoms with E-state index in [4.69, 9.17) is 0 Å². The maximum Gasteiger partial charge on any atom is 0.429 e. The van der Waals surface area contributed by atoms with E-state index in [1.807, 2.05) is 13.0 Å². The van der Waals surface area contributed by atoms with E-state index in [0.717, 1.165) is 43.8 Å². The lowest BCUT2D eigenvalue weighted by Crippen LogP contribution is -2.55. The standard InChI is InChI=1S/C32H48F6O4/c1-27(2,41)13-6-14-28(3,15-7-17-30(42,31(33,34)35)32(36,37)38)26-12-11-25-22(8-5-16-29(25,26)4)10-9-21-18-23(39)20-24(40)19-21/h7,9-10,17,23-26,39-42H,5-6,8,11-16,18-20H2,1-4H3/b17-7+,21-9?,22-10+/t23-,24?,25+,26-,28+,29+/m1/s1. The molecule has 0 amide bonds.